The van der Waals surface area contributed by atoms with E-state index in [9.17, 15) is 18.0 Å². The van der Waals surface area contributed by atoms with Crippen LogP contribution in [0.3, 0.4) is 0 Å². The van der Waals surface area contributed by atoms with Gasteiger partial charge in [-0.3, -0.25) is 4.79 Å². The fourth-order valence-corrected chi connectivity index (χ4v) is 2.77. The van der Waals surface area contributed by atoms with E-state index in [0.717, 1.165) is 18.1 Å². The number of hydrogen-bond donors (Lipinski definition) is 2. The molecule has 1 aromatic heterocycles. The van der Waals surface area contributed by atoms with Gasteiger partial charge in [0.15, 0.2) is 0 Å². The number of amides is 1. The molecule has 30 heavy (non-hydrogen) atoms. The Bertz CT molecular complexity index is 1050. The number of rotatable bonds is 6. The number of ether oxygens (including phenoxy) is 1. The minimum absolute atomic E-state index is 0.0960. The maximum Gasteiger partial charge on any atom is 0.433 e. The Morgan fingerprint density at radius 3 is 2.53 bits per heavy atom. The Balaban J connectivity index is 1.81. The van der Waals surface area contributed by atoms with Gasteiger partial charge in [0, 0.05) is 23.9 Å². The third kappa shape index (κ3) is 5.36. The van der Waals surface area contributed by atoms with Crippen molar-refractivity contribution in [1.29, 1.82) is 0 Å². The smallest absolute Gasteiger partial charge is 0.433 e. The van der Waals surface area contributed by atoms with Crippen molar-refractivity contribution in [1.82, 2.24) is 4.98 Å². The van der Waals surface area contributed by atoms with Crippen LogP contribution in [0.5, 0.6) is 11.6 Å². The van der Waals surface area contributed by atoms with Gasteiger partial charge < -0.3 is 15.8 Å². The van der Waals surface area contributed by atoms with E-state index in [0.29, 0.717) is 11.3 Å². The lowest BCUT2D eigenvalue weighted by Gasteiger charge is -2.12. The Kier molecular flexibility index (Phi) is 6.37. The molecule has 0 aliphatic carbocycles. The number of aromatic nitrogens is 1. The van der Waals surface area contributed by atoms with Gasteiger partial charge in [-0.2, -0.15) is 13.2 Å². The summed E-state index contributed by atoms with van der Waals surface area (Å²) in [5, 5.41) is 2.80. The number of halogens is 3. The van der Waals surface area contributed by atoms with Crippen LogP contribution >= 0.6 is 0 Å². The highest BCUT2D eigenvalue weighted by Gasteiger charge is 2.33. The molecule has 0 unspecified atom stereocenters. The molecule has 0 radical (unpaired) electrons. The lowest BCUT2D eigenvalue weighted by Crippen LogP contribution is -2.12. The first kappa shape index (κ1) is 21.3. The summed E-state index contributed by atoms with van der Waals surface area (Å²) in [7, 11) is 0. The van der Waals surface area contributed by atoms with E-state index >= 15 is 0 Å². The summed E-state index contributed by atoms with van der Waals surface area (Å²) in [4.78, 5) is 16.1. The van der Waals surface area contributed by atoms with E-state index in [2.05, 4.69) is 10.3 Å². The highest BCUT2D eigenvalue weighted by molar-refractivity contribution is 6.04. The molecule has 0 spiro atoms. The number of carbonyl (C=O) groups excluding carboxylic acids is 1. The monoisotopic (exact) mass is 415 g/mol. The predicted molar refractivity (Wildman–Crippen MR) is 107 cm³/mol. The first-order valence-electron chi connectivity index (χ1n) is 9.25. The number of aryl methyl sites for hydroxylation is 1. The Hall–Kier alpha value is -3.39. The fraction of sp³-hybridized carbons (Fsp3) is 0.182. The molecule has 0 bridgehead atoms. The van der Waals surface area contributed by atoms with E-state index in [1.54, 1.807) is 18.2 Å². The average Bonchev–Trinajstić information content (AvgIpc) is 2.73. The van der Waals surface area contributed by atoms with Crippen LogP contribution in [0.2, 0.25) is 0 Å². The van der Waals surface area contributed by atoms with Crippen LogP contribution < -0.4 is 15.8 Å². The molecule has 0 saturated carbocycles. The summed E-state index contributed by atoms with van der Waals surface area (Å²) in [6.07, 6.45) is -3.79. The van der Waals surface area contributed by atoms with Crippen LogP contribution in [0.1, 0.15) is 34.1 Å². The first-order chi connectivity index (χ1) is 14.3. The highest BCUT2D eigenvalue weighted by atomic mass is 19.4. The van der Waals surface area contributed by atoms with Gasteiger partial charge in [-0.05, 0) is 53.9 Å². The molecule has 1 heterocycles. The van der Waals surface area contributed by atoms with E-state index in [4.69, 9.17) is 10.5 Å². The average molecular weight is 415 g/mol. The van der Waals surface area contributed by atoms with Crippen molar-refractivity contribution in [2.45, 2.75) is 26.1 Å². The van der Waals surface area contributed by atoms with Crippen LogP contribution in [0.4, 0.5) is 18.9 Å². The van der Waals surface area contributed by atoms with Crippen molar-refractivity contribution in [3.05, 3.63) is 83.0 Å². The summed E-state index contributed by atoms with van der Waals surface area (Å²) in [5.74, 6) is -0.438. The summed E-state index contributed by atoms with van der Waals surface area (Å²) >= 11 is 0. The van der Waals surface area contributed by atoms with E-state index in [1.807, 2.05) is 25.1 Å². The Morgan fingerprint density at radius 2 is 1.83 bits per heavy atom. The largest absolute Gasteiger partial charge is 0.439 e. The zero-order valence-electron chi connectivity index (χ0n) is 16.2. The van der Waals surface area contributed by atoms with Crippen molar-refractivity contribution in [3.63, 3.8) is 0 Å². The van der Waals surface area contributed by atoms with E-state index < -0.39 is 11.9 Å². The SMILES string of the molecule is CCc1cccc(NC(=O)c2cccc(Oc3cc(CN)cc(C(F)(F)F)n3)c2)c1. The molecule has 8 heteroatoms. The van der Waals surface area contributed by atoms with Crippen LogP contribution in [-0.2, 0) is 19.1 Å². The van der Waals surface area contributed by atoms with Gasteiger partial charge in [-0.15, -0.1) is 0 Å². The number of alkyl halides is 3. The Morgan fingerprint density at radius 1 is 1.07 bits per heavy atom. The molecule has 0 aliphatic heterocycles. The topological polar surface area (TPSA) is 77.2 Å². The second-order valence-electron chi connectivity index (χ2n) is 6.54. The van der Waals surface area contributed by atoms with Gasteiger partial charge in [0.2, 0.25) is 5.88 Å². The number of nitrogens with two attached hydrogens (primary N) is 1. The standard InChI is InChI=1S/C22H20F3N3O2/c1-2-14-5-3-7-17(9-14)27-21(29)16-6-4-8-18(12-16)30-20-11-15(13-26)10-19(28-20)22(23,24)25/h3-12H,2,13,26H2,1H3,(H,27,29). The van der Waals surface area contributed by atoms with Crippen LogP contribution in [-0.4, -0.2) is 10.9 Å². The summed E-state index contributed by atoms with van der Waals surface area (Å²) in [6.45, 7) is 1.92. The van der Waals surface area contributed by atoms with Gasteiger partial charge in [-0.25, -0.2) is 4.98 Å². The number of pyridine rings is 1. The number of carbonyl (C=O) groups is 1. The molecule has 5 nitrogen and oxygen atoms in total. The molecule has 3 N–H and O–H groups in total. The molecular weight excluding hydrogens is 395 g/mol. The van der Waals surface area contributed by atoms with Crippen molar-refractivity contribution >= 4 is 11.6 Å². The quantitative estimate of drug-likeness (QED) is 0.583. The van der Waals surface area contributed by atoms with Gasteiger partial charge in [-0.1, -0.05) is 25.1 Å². The van der Waals surface area contributed by atoms with Crippen molar-refractivity contribution in [3.8, 4) is 11.6 Å². The van der Waals surface area contributed by atoms with E-state index in [1.165, 1.54) is 18.2 Å². The highest BCUT2D eigenvalue weighted by Crippen LogP contribution is 2.31. The molecule has 0 atom stereocenters. The zero-order valence-corrected chi connectivity index (χ0v) is 16.2. The summed E-state index contributed by atoms with van der Waals surface area (Å²) in [5.41, 5.74) is 6.64. The van der Waals surface area contributed by atoms with Crippen LogP contribution in [0.25, 0.3) is 0 Å². The minimum atomic E-state index is -4.63. The third-order valence-electron chi connectivity index (χ3n) is 4.30. The lowest BCUT2D eigenvalue weighted by molar-refractivity contribution is -0.141. The minimum Gasteiger partial charge on any atom is -0.439 e. The lowest BCUT2D eigenvalue weighted by atomic mass is 10.1. The van der Waals surface area contributed by atoms with E-state index in [-0.39, 0.29) is 29.6 Å². The normalized spacial score (nSPS) is 11.2. The van der Waals surface area contributed by atoms with Crippen LogP contribution in [0, 0.1) is 0 Å². The third-order valence-corrected chi connectivity index (χ3v) is 4.30. The van der Waals surface area contributed by atoms with Gasteiger partial charge in [0.25, 0.3) is 5.91 Å². The maximum absolute atomic E-state index is 13.0. The second-order valence-corrected chi connectivity index (χ2v) is 6.54. The number of benzene rings is 2. The zero-order chi connectivity index (χ0) is 21.7. The Labute approximate surface area is 171 Å². The van der Waals surface area contributed by atoms with Crippen molar-refractivity contribution in [2.75, 3.05) is 5.32 Å². The molecule has 3 aromatic rings. The van der Waals surface area contributed by atoms with Gasteiger partial charge in [0.05, 0.1) is 0 Å². The molecule has 0 aliphatic rings. The summed E-state index contributed by atoms with van der Waals surface area (Å²) < 4.78 is 44.6. The number of hydrogen-bond acceptors (Lipinski definition) is 4. The molecule has 156 valence electrons. The molecule has 2 aromatic carbocycles. The molecule has 0 fully saturated rings. The molecule has 1 amide bonds. The fourth-order valence-electron chi connectivity index (χ4n) is 2.77. The van der Waals surface area contributed by atoms with Crippen LogP contribution in [0.15, 0.2) is 60.7 Å². The number of anilines is 1. The molecule has 0 saturated heterocycles. The van der Waals surface area contributed by atoms with Gasteiger partial charge in [0.1, 0.15) is 11.4 Å². The summed E-state index contributed by atoms with van der Waals surface area (Å²) in [6, 6.07) is 15.8. The first-order valence-corrected chi connectivity index (χ1v) is 9.25. The molecule has 3 rings (SSSR count). The van der Waals surface area contributed by atoms with Crippen molar-refractivity contribution < 1.29 is 22.7 Å². The van der Waals surface area contributed by atoms with Crippen molar-refractivity contribution in [2.24, 2.45) is 5.73 Å². The number of nitrogens with one attached hydrogen (secondary N) is 1. The number of nitrogens with zero attached hydrogens (tertiary/aromatic N) is 1. The second kappa shape index (κ2) is 8.96. The molecular formula is C22H20F3N3O2. The van der Waals surface area contributed by atoms with Gasteiger partial charge >= 0.3 is 6.18 Å². The predicted octanol–water partition coefficient (Wildman–Crippen LogP) is 5.17. The maximum atomic E-state index is 13.0.